The van der Waals surface area contributed by atoms with Gasteiger partial charge in [-0.15, -0.1) is 0 Å². The number of esters is 1. The molecule has 0 saturated heterocycles. The Balaban J connectivity index is 4.41. The summed E-state index contributed by atoms with van der Waals surface area (Å²) in [6, 6.07) is -0.575. The van der Waals surface area contributed by atoms with Crippen LogP contribution in [-0.2, 0) is 14.3 Å². The SMILES string of the molecule is CCC(C)C(NC(=O)CNC(C)(C)C)C(=O)OC. The zero-order valence-electron chi connectivity index (χ0n) is 12.3. The summed E-state index contributed by atoms with van der Waals surface area (Å²) >= 11 is 0. The lowest BCUT2D eigenvalue weighted by Crippen LogP contribution is -2.50. The predicted octanol–water partition coefficient (Wildman–Crippen LogP) is 1.08. The molecule has 0 aliphatic rings. The summed E-state index contributed by atoms with van der Waals surface area (Å²) in [5.74, 6) is -0.537. The van der Waals surface area contributed by atoms with Gasteiger partial charge in [-0.25, -0.2) is 4.79 Å². The van der Waals surface area contributed by atoms with E-state index >= 15 is 0 Å². The molecular weight excluding hydrogens is 232 g/mol. The van der Waals surface area contributed by atoms with E-state index in [1.54, 1.807) is 0 Å². The highest BCUT2D eigenvalue weighted by atomic mass is 16.5. The number of hydrogen-bond acceptors (Lipinski definition) is 4. The maximum atomic E-state index is 11.8. The van der Waals surface area contributed by atoms with Crippen molar-refractivity contribution in [3.8, 4) is 0 Å². The highest BCUT2D eigenvalue weighted by Crippen LogP contribution is 2.09. The van der Waals surface area contributed by atoms with Crippen molar-refractivity contribution in [1.82, 2.24) is 10.6 Å². The third-order valence-corrected chi connectivity index (χ3v) is 2.76. The molecule has 0 aromatic carbocycles. The van der Waals surface area contributed by atoms with Gasteiger partial charge in [0.1, 0.15) is 6.04 Å². The first-order valence-electron chi connectivity index (χ1n) is 6.33. The van der Waals surface area contributed by atoms with Crippen LogP contribution in [0.5, 0.6) is 0 Å². The Morgan fingerprint density at radius 3 is 2.22 bits per heavy atom. The Labute approximate surface area is 110 Å². The van der Waals surface area contributed by atoms with Crippen molar-refractivity contribution < 1.29 is 14.3 Å². The average molecular weight is 258 g/mol. The van der Waals surface area contributed by atoms with Crippen LogP contribution in [-0.4, -0.2) is 37.1 Å². The Morgan fingerprint density at radius 2 is 1.83 bits per heavy atom. The second-order valence-electron chi connectivity index (χ2n) is 5.56. The molecule has 2 N–H and O–H groups in total. The van der Waals surface area contributed by atoms with Crippen molar-refractivity contribution in [2.24, 2.45) is 5.92 Å². The molecule has 0 radical (unpaired) electrons. The monoisotopic (exact) mass is 258 g/mol. The van der Waals surface area contributed by atoms with E-state index in [0.29, 0.717) is 0 Å². The largest absolute Gasteiger partial charge is 0.467 e. The van der Waals surface area contributed by atoms with Gasteiger partial charge in [0.25, 0.3) is 0 Å². The smallest absolute Gasteiger partial charge is 0.328 e. The minimum absolute atomic E-state index is 0.0519. The summed E-state index contributed by atoms with van der Waals surface area (Å²) < 4.78 is 4.71. The van der Waals surface area contributed by atoms with Crippen LogP contribution in [0, 0.1) is 5.92 Å². The number of ether oxygens (including phenoxy) is 1. The summed E-state index contributed by atoms with van der Waals surface area (Å²) in [7, 11) is 1.33. The van der Waals surface area contributed by atoms with Gasteiger partial charge in [-0.2, -0.15) is 0 Å². The fourth-order valence-electron chi connectivity index (χ4n) is 1.37. The molecule has 5 heteroatoms. The summed E-state index contributed by atoms with van der Waals surface area (Å²) in [4.78, 5) is 23.4. The van der Waals surface area contributed by atoms with Gasteiger partial charge in [0, 0.05) is 5.54 Å². The van der Waals surface area contributed by atoms with Crippen LogP contribution in [0.3, 0.4) is 0 Å². The topological polar surface area (TPSA) is 67.4 Å². The second kappa shape index (κ2) is 7.36. The Hall–Kier alpha value is -1.10. The molecule has 2 unspecified atom stereocenters. The van der Waals surface area contributed by atoms with Gasteiger partial charge in [0.15, 0.2) is 0 Å². The van der Waals surface area contributed by atoms with E-state index in [9.17, 15) is 9.59 Å². The number of amides is 1. The fourth-order valence-corrected chi connectivity index (χ4v) is 1.37. The Morgan fingerprint density at radius 1 is 1.28 bits per heavy atom. The highest BCUT2D eigenvalue weighted by molar-refractivity contribution is 5.85. The van der Waals surface area contributed by atoms with Crippen molar-refractivity contribution in [2.45, 2.75) is 52.6 Å². The molecular formula is C13H26N2O3. The van der Waals surface area contributed by atoms with Crippen LogP contribution in [0.2, 0.25) is 0 Å². The van der Waals surface area contributed by atoms with Crippen molar-refractivity contribution in [3.05, 3.63) is 0 Å². The van der Waals surface area contributed by atoms with Gasteiger partial charge >= 0.3 is 5.97 Å². The molecule has 106 valence electrons. The summed E-state index contributed by atoms with van der Waals surface area (Å²) in [5.41, 5.74) is -0.130. The molecule has 0 spiro atoms. The number of nitrogens with one attached hydrogen (secondary N) is 2. The van der Waals surface area contributed by atoms with E-state index in [-0.39, 0.29) is 23.9 Å². The van der Waals surface area contributed by atoms with Crippen LogP contribution >= 0.6 is 0 Å². The Bertz CT molecular complexity index is 284. The number of hydrogen-bond donors (Lipinski definition) is 2. The van der Waals surface area contributed by atoms with Gasteiger partial charge in [-0.1, -0.05) is 20.3 Å². The lowest BCUT2D eigenvalue weighted by Gasteiger charge is -2.24. The molecule has 5 nitrogen and oxygen atoms in total. The van der Waals surface area contributed by atoms with Crippen LogP contribution in [0.15, 0.2) is 0 Å². The van der Waals surface area contributed by atoms with Gasteiger partial charge in [-0.05, 0) is 26.7 Å². The molecule has 0 fully saturated rings. The molecule has 0 heterocycles. The molecule has 0 aromatic rings. The molecule has 0 bridgehead atoms. The van der Waals surface area contributed by atoms with Crippen LogP contribution in [0.4, 0.5) is 0 Å². The van der Waals surface area contributed by atoms with Crippen molar-refractivity contribution in [2.75, 3.05) is 13.7 Å². The first kappa shape index (κ1) is 16.9. The fraction of sp³-hybridized carbons (Fsp3) is 0.846. The maximum absolute atomic E-state index is 11.8. The summed E-state index contributed by atoms with van der Waals surface area (Å²) in [6.07, 6.45) is 0.798. The standard InChI is InChI=1S/C13H26N2O3/c1-7-9(2)11(12(17)18-6)15-10(16)8-14-13(3,4)5/h9,11,14H,7-8H2,1-6H3,(H,15,16). The number of rotatable bonds is 6. The molecule has 2 atom stereocenters. The average Bonchev–Trinajstić information content (AvgIpc) is 2.30. The van der Waals surface area contributed by atoms with Gasteiger partial charge in [0.05, 0.1) is 13.7 Å². The van der Waals surface area contributed by atoms with Crippen molar-refractivity contribution >= 4 is 11.9 Å². The zero-order valence-corrected chi connectivity index (χ0v) is 12.3. The first-order valence-corrected chi connectivity index (χ1v) is 6.33. The number of methoxy groups -OCH3 is 1. The van der Waals surface area contributed by atoms with Gasteiger partial charge < -0.3 is 15.4 Å². The van der Waals surface area contributed by atoms with E-state index in [1.165, 1.54) is 7.11 Å². The molecule has 0 saturated carbocycles. The third-order valence-electron chi connectivity index (χ3n) is 2.76. The third kappa shape index (κ3) is 6.59. The first-order chi connectivity index (χ1) is 8.21. The van der Waals surface area contributed by atoms with E-state index in [4.69, 9.17) is 4.74 Å². The van der Waals surface area contributed by atoms with Gasteiger partial charge in [-0.3, -0.25) is 4.79 Å². The van der Waals surface area contributed by atoms with E-state index in [2.05, 4.69) is 10.6 Å². The van der Waals surface area contributed by atoms with E-state index in [1.807, 2.05) is 34.6 Å². The lowest BCUT2D eigenvalue weighted by molar-refractivity contribution is -0.146. The van der Waals surface area contributed by atoms with E-state index < -0.39 is 12.0 Å². The van der Waals surface area contributed by atoms with E-state index in [0.717, 1.165) is 6.42 Å². The number of carbonyl (C=O) groups excluding carboxylic acids is 2. The number of carbonyl (C=O) groups is 2. The molecule has 0 aromatic heterocycles. The summed E-state index contributed by atoms with van der Waals surface area (Å²) in [6.45, 7) is 10.0. The van der Waals surface area contributed by atoms with Crippen LogP contribution in [0.1, 0.15) is 41.0 Å². The van der Waals surface area contributed by atoms with Crippen molar-refractivity contribution in [3.63, 3.8) is 0 Å². The normalized spacial score (nSPS) is 14.8. The van der Waals surface area contributed by atoms with Gasteiger partial charge in [0.2, 0.25) is 5.91 Å². The highest BCUT2D eigenvalue weighted by Gasteiger charge is 2.26. The zero-order chi connectivity index (χ0) is 14.3. The Kier molecular flexibility index (Phi) is 6.91. The molecule has 1 amide bonds. The minimum atomic E-state index is -0.575. The van der Waals surface area contributed by atoms with Crippen LogP contribution in [0.25, 0.3) is 0 Å². The molecule has 0 aliphatic heterocycles. The summed E-state index contributed by atoms with van der Waals surface area (Å²) in [5, 5.41) is 5.79. The second-order valence-corrected chi connectivity index (χ2v) is 5.56. The maximum Gasteiger partial charge on any atom is 0.328 e. The molecule has 18 heavy (non-hydrogen) atoms. The van der Waals surface area contributed by atoms with Crippen LogP contribution < -0.4 is 10.6 Å². The molecule has 0 aliphatic carbocycles. The quantitative estimate of drug-likeness (QED) is 0.700. The minimum Gasteiger partial charge on any atom is -0.467 e. The molecule has 0 rings (SSSR count). The predicted molar refractivity (Wildman–Crippen MR) is 71.2 cm³/mol. The van der Waals surface area contributed by atoms with Crippen molar-refractivity contribution in [1.29, 1.82) is 0 Å². The lowest BCUT2D eigenvalue weighted by atomic mass is 9.99.